The molecule has 114 valence electrons. The van der Waals surface area contributed by atoms with E-state index in [9.17, 15) is 22.8 Å². The molecule has 1 unspecified atom stereocenters. The largest absolute Gasteiger partial charge is 0.451 e. The van der Waals surface area contributed by atoms with Gasteiger partial charge in [-0.2, -0.15) is 13.2 Å². The lowest BCUT2D eigenvalue weighted by atomic mass is 10.1. The molecule has 1 atom stereocenters. The van der Waals surface area contributed by atoms with E-state index in [1.807, 2.05) is 0 Å². The molecule has 0 aliphatic carbocycles. The highest BCUT2D eigenvalue weighted by molar-refractivity contribution is 5.89. The highest BCUT2D eigenvalue weighted by Gasteiger charge is 2.40. The van der Waals surface area contributed by atoms with Crippen molar-refractivity contribution < 1.29 is 22.8 Å². The molecule has 2 aliphatic heterocycles. The van der Waals surface area contributed by atoms with E-state index in [-0.39, 0.29) is 50.2 Å². The van der Waals surface area contributed by atoms with Crippen molar-refractivity contribution in [2.24, 2.45) is 5.92 Å². The summed E-state index contributed by atoms with van der Waals surface area (Å²) in [5.74, 6) is -1.81. The topological polar surface area (TPSA) is 80.1 Å². The number of nitrogens with one attached hydrogen (secondary N) is 1. The second kappa shape index (κ2) is 4.71. The molecule has 1 fully saturated rings. The van der Waals surface area contributed by atoms with Crippen LogP contribution in [0.2, 0.25) is 0 Å². The van der Waals surface area contributed by atoms with Crippen LogP contribution >= 0.6 is 0 Å². The highest BCUT2D eigenvalue weighted by atomic mass is 19.4. The first-order valence-electron chi connectivity index (χ1n) is 6.41. The quantitative estimate of drug-likeness (QED) is 0.777. The third kappa shape index (κ3) is 2.45. The number of hydrogen-bond acceptors (Lipinski definition) is 4. The maximum atomic E-state index is 12.7. The zero-order chi connectivity index (χ0) is 15.2. The predicted molar refractivity (Wildman–Crippen MR) is 61.6 cm³/mol. The molecule has 3 rings (SSSR count). The maximum absolute atomic E-state index is 12.7. The van der Waals surface area contributed by atoms with Crippen LogP contribution in [0.4, 0.5) is 13.2 Å². The molecule has 2 aliphatic rings. The third-order valence-electron chi connectivity index (χ3n) is 3.65. The van der Waals surface area contributed by atoms with E-state index in [0.29, 0.717) is 0 Å². The van der Waals surface area contributed by atoms with E-state index in [0.717, 1.165) is 4.57 Å². The molecular formula is C11H12F3N5O2. The predicted octanol–water partition coefficient (Wildman–Crippen LogP) is -0.225. The first-order valence-corrected chi connectivity index (χ1v) is 6.41. The summed E-state index contributed by atoms with van der Waals surface area (Å²) in [5, 5.41) is 9.23. The number of rotatable bonds is 1. The summed E-state index contributed by atoms with van der Waals surface area (Å²) < 4.78 is 39.1. The van der Waals surface area contributed by atoms with Gasteiger partial charge in [0, 0.05) is 26.1 Å². The van der Waals surface area contributed by atoms with Gasteiger partial charge in [-0.25, -0.2) is 0 Å². The monoisotopic (exact) mass is 303 g/mol. The molecule has 21 heavy (non-hydrogen) atoms. The second-order valence-electron chi connectivity index (χ2n) is 5.05. The van der Waals surface area contributed by atoms with Crippen LogP contribution in [0.3, 0.4) is 0 Å². The van der Waals surface area contributed by atoms with Crippen LogP contribution in [0.25, 0.3) is 0 Å². The lowest BCUT2D eigenvalue weighted by molar-refractivity contribution is -0.148. The van der Waals surface area contributed by atoms with Crippen LogP contribution in [-0.2, 0) is 28.9 Å². The van der Waals surface area contributed by atoms with E-state index >= 15 is 0 Å². The number of nitrogens with zero attached hydrogens (tertiary/aromatic N) is 4. The first-order chi connectivity index (χ1) is 9.86. The van der Waals surface area contributed by atoms with Gasteiger partial charge in [0.2, 0.25) is 17.6 Å². The fraction of sp³-hybridized carbons (Fsp3) is 0.636. The normalized spacial score (nSPS) is 22.1. The minimum atomic E-state index is -4.56. The van der Waals surface area contributed by atoms with E-state index < -0.39 is 17.9 Å². The van der Waals surface area contributed by atoms with Crippen molar-refractivity contribution in [3.05, 3.63) is 11.6 Å². The van der Waals surface area contributed by atoms with Crippen molar-refractivity contribution in [3.63, 3.8) is 0 Å². The fourth-order valence-electron chi connectivity index (χ4n) is 2.59. The van der Waals surface area contributed by atoms with Crippen LogP contribution in [-0.4, -0.2) is 44.6 Å². The Labute approximate surface area is 117 Å². The number of fused-ring (bicyclic) bond motifs is 1. The van der Waals surface area contributed by atoms with Gasteiger partial charge in [-0.15, -0.1) is 10.2 Å². The van der Waals surface area contributed by atoms with Crippen LogP contribution < -0.4 is 5.32 Å². The summed E-state index contributed by atoms with van der Waals surface area (Å²) in [7, 11) is 0. The molecule has 0 spiro atoms. The van der Waals surface area contributed by atoms with Crippen molar-refractivity contribution in [3.8, 4) is 0 Å². The molecule has 1 N–H and O–H groups in total. The smallest absolute Gasteiger partial charge is 0.355 e. The lowest BCUT2D eigenvalue weighted by Gasteiger charge is -2.29. The zero-order valence-electron chi connectivity index (χ0n) is 10.9. The molecule has 1 aromatic rings. The van der Waals surface area contributed by atoms with Gasteiger partial charge in [0.1, 0.15) is 0 Å². The van der Waals surface area contributed by atoms with Gasteiger partial charge in [-0.05, 0) is 0 Å². The van der Waals surface area contributed by atoms with Gasteiger partial charge in [-0.1, -0.05) is 0 Å². The molecule has 1 aromatic heterocycles. The number of alkyl halides is 3. The molecule has 3 heterocycles. The van der Waals surface area contributed by atoms with Crippen LogP contribution in [0.15, 0.2) is 0 Å². The molecule has 0 bridgehead atoms. The van der Waals surface area contributed by atoms with E-state index in [2.05, 4.69) is 15.5 Å². The lowest BCUT2D eigenvalue weighted by Crippen LogP contribution is -2.42. The van der Waals surface area contributed by atoms with Crippen molar-refractivity contribution >= 4 is 11.8 Å². The number of amides is 2. The fourth-order valence-corrected chi connectivity index (χ4v) is 2.59. The Morgan fingerprint density at radius 1 is 1.29 bits per heavy atom. The molecule has 0 saturated carbocycles. The Morgan fingerprint density at radius 2 is 2.05 bits per heavy atom. The molecule has 10 heteroatoms. The summed E-state index contributed by atoms with van der Waals surface area (Å²) in [4.78, 5) is 24.8. The van der Waals surface area contributed by atoms with E-state index in [4.69, 9.17) is 0 Å². The van der Waals surface area contributed by atoms with Crippen molar-refractivity contribution in [1.82, 2.24) is 25.0 Å². The number of carbonyl (C=O) groups is 2. The number of halogens is 3. The number of aromatic nitrogens is 3. The van der Waals surface area contributed by atoms with Crippen molar-refractivity contribution in [2.75, 3.05) is 13.1 Å². The minimum absolute atomic E-state index is 0.00296. The summed E-state index contributed by atoms with van der Waals surface area (Å²) in [6.07, 6.45) is -4.44. The molecule has 0 aromatic carbocycles. The van der Waals surface area contributed by atoms with Gasteiger partial charge in [-0.3, -0.25) is 9.59 Å². The molecule has 0 radical (unpaired) electrons. The average molecular weight is 303 g/mol. The van der Waals surface area contributed by atoms with Gasteiger partial charge >= 0.3 is 6.18 Å². The van der Waals surface area contributed by atoms with E-state index in [1.165, 1.54) is 4.90 Å². The van der Waals surface area contributed by atoms with Gasteiger partial charge in [0.05, 0.1) is 12.5 Å². The first kappa shape index (κ1) is 13.8. The summed E-state index contributed by atoms with van der Waals surface area (Å²) >= 11 is 0. The van der Waals surface area contributed by atoms with Crippen LogP contribution in [0.1, 0.15) is 18.1 Å². The van der Waals surface area contributed by atoms with Crippen molar-refractivity contribution in [2.45, 2.75) is 25.7 Å². The van der Waals surface area contributed by atoms with Crippen molar-refractivity contribution in [1.29, 1.82) is 0 Å². The molecule has 2 amide bonds. The SMILES string of the molecule is O=C1CC(C(=O)N2CCn3c(nnc3C(F)(F)F)C2)CN1. The molecule has 1 saturated heterocycles. The minimum Gasteiger partial charge on any atom is -0.355 e. The number of hydrogen-bond donors (Lipinski definition) is 1. The summed E-state index contributed by atoms with van der Waals surface area (Å²) in [5.41, 5.74) is 0. The summed E-state index contributed by atoms with van der Waals surface area (Å²) in [6, 6.07) is 0. The van der Waals surface area contributed by atoms with Crippen LogP contribution in [0, 0.1) is 5.92 Å². The Balaban J connectivity index is 1.75. The Kier molecular flexibility index (Phi) is 3.10. The van der Waals surface area contributed by atoms with Gasteiger partial charge in [0.15, 0.2) is 5.82 Å². The maximum Gasteiger partial charge on any atom is 0.451 e. The molecule has 7 nitrogen and oxygen atoms in total. The average Bonchev–Trinajstić information content (AvgIpc) is 3.02. The molecular weight excluding hydrogens is 291 g/mol. The van der Waals surface area contributed by atoms with E-state index in [1.54, 1.807) is 0 Å². The second-order valence-corrected chi connectivity index (χ2v) is 5.05. The standard InChI is InChI=1S/C11H12F3N5O2/c12-11(13,14)10-17-16-7-5-18(1-2-19(7)10)9(21)6-3-8(20)15-4-6/h6H,1-5H2,(H,15,20). The van der Waals surface area contributed by atoms with Gasteiger partial charge in [0.25, 0.3) is 0 Å². The Bertz CT molecular complexity index is 597. The third-order valence-corrected chi connectivity index (χ3v) is 3.65. The highest BCUT2D eigenvalue weighted by Crippen LogP contribution is 2.29. The Morgan fingerprint density at radius 3 is 2.67 bits per heavy atom. The number of carbonyl (C=O) groups excluding carboxylic acids is 2. The zero-order valence-corrected chi connectivity index (χ0v) is 10.9. The summed E-state index contributed by atoms with van der Waals surface area (Å²) in [6.45, 7) is 0.399. The Hall–Kier alpha value is -2.13. The van der Waals surface area contributed by atoms with Crippen LogP contribution in [0.5, 0.6) is 0 Å². The van der Waals surface area contributed by atoms with Gasteiger partial charge < -0.3 is 14.8 Å².